The molecule has 13 heteroatoms. The predicted octanol–water partition coefficient (Wildman–Crippen LogP) is 7.33. The van der Waals surface area contributed by atoms with Crippen LogP contribution in [-0.4, -0.2) is 48.3 Å². The summed E-state index contributed by atoms with van der Waals surface area (Å²) in [5, 5.41) is 30.8. The first-order valence-corrected chi connectivity index (χ1v) is 15.8. The predicted molar refractivity (Wildman–Crippen MR) is 172 cm³/mol. The number of piperidine rings is 1. The van der Waals surface area contributed by atoms with Gasteiger partial charge in [-0.15, -0.1) is 10.2 Å². The summed E-state index contributed by atoms with van der Waals surface area (Å²) in [6, 6.07) is 15.9. The number of benzene rings is 2. The molecule has 4 heterocycles. The van der Waals surface area contributed by atoms with Crippen LogP contribution in [0.25, 0.3) is 45.2 Å². The van der Waals surface area contributed by atoms with E-state index in [1.165, 1.54) is 0 Å². The monoisotopic (exact) mass is 651 g/mol. The van der Waals surface area contributed by atoms with Gasteiger partial charge in [-0.1, -0.05) is 6.92 Å². The Balaban J connectivity index is 1.37. The van der Waals surface area contributed by atoms with Gasteiger partial charge in [0.25, 0.3) is 0 Å². The highest BCUT2D eigenvalue weighted by Crippen LogP contribution is 2.44. The molecule has 1 aliphatic carbocycles. The number of halogens is 3. The van der Waals surface area contributed by atoms with E-state index in [1.807, 2.05) is 0 Å². The maximum Gasteiger partial charge on any atom is 0.420 e. The van der Waals surface area contributed by atoms with Crippen LogP contribution in [0.5, 0.6) is 0 Å². The van der Waals surface area contributed by atoms with Crippen molar-refractivity contribution in [3.8, 4) is 46.2 Å². The summed E-state index contributed by atoms with van der Waals surface area (Å²) in [4.78, 5) is 11.5. The lowest BCUT2D eigenvalue weighted by molar-refractivity contribution is -0.136. The molecule has 1 atom stereocenters. The molecule has 10 nitrogen and oxygen atoms in total. The summed E-state index contributed by atoms with van der Waals surface area (Å²) in [6.07, 6.45) is 0.820. The lowest BCUT2D eigenvalue weighted by atomic mass is 9.96. The highest BCUT2D eigenvalue weighted by Gasteiger charge is 2.43. The lowest BCUT2D eigenvalue weighted by Crippen LogP contribution is -2.33. The van der Waals surface area contributed by atoms with Crippen LogP contribution in [0, 0.1) is 28.6 Å². The Morgan fingerprint density at radius 1 is 1.08 bits per heavy atom. The smallest absolute Gasteiger partial charge is 0.420 e. The zero-order valence-electron chi connectivity index (χ0n) is 26.5. The standard InChI is InChI=1S/C35H32F3N9O/c1-21-4-3-11-47(18-21)19-23-13-27(35(36,37)38)31-28(14-23)43-33(48-31)29-15-24(16-30(42-29)44-34(7-8-34)9-10-39)26-12-22(17-40)5-6-25(26)32-45-41-20-46(32)2/h5-6,12-16,20-21H,3-4,7-9,11,18-19H2,1-2H3,(H,42,44)/t21-/m0/s1. The molecule has 3 aromatic heterocycles. The van der Waals surface area contributed by atoms with Gasteiger partial charge in [0.1, 0.15) is 28.9 Å². The molecule has 48 heavy (non-hydrogen) atoms. The van der Waals surface area contributed by atoms with Gasteiger partial charge >= 0.3 is 6.18 Å². The summed E-state index contributed by atoms with van der Waals surface area (Å²) < 4.78 is 51.0. The van der Waals surface area contributed by atoms with E-state index in [4.69, 9.17) is 9.40 Å². The minimum Gasteiger partial charge on any atom is -0.434 e. The van der Waals surface area contributed by atoms with E-state index in [-0.39, 0.29) is 29.1 Å². The van der Waals surface area contributed by atoms with Crippen molar-refractivity contribution in [1.82, 2.24) is 29.6 Å². The molecule has 1 saturated carbocycles. The zero-order chi connectivity index (χ0) is 33.6. The molecule has 244 valence electrons. The van der Waals surface area contributed by atoms with E-state index in [2.05, 4.69) is 44.5 Å². The summed E-state index contributed by atoms with van der Waals surface area (Å²) >= 11 is 0. The van der Waals surface area contributed by atoms with Crippen molar-refractivity contribution in [3.05, 3.63) is 65.5 Å². The topological polar surface area (TPSA) is 132 Å². The van der Waals surface area contributed by atoms with Gasteiger partial charge in [-0.3, -0.25) is 4.90 Å². The number of nitriles is 2. The summed E-state index contributed by atoms with van der Waals surface area (Å²) in [5.41, 5.74) is 1.43. The molecule has 2 aliphatic rings. The number of pyridine rings is 1. The number of alkyl halides is 3. The molecule has 1 saturated heterocycles. The average molecular weight is 652 g/mol. The lowest BCUT2D eigenvalue weighted by Gasteiger charge is -2.30. The van der Waals surface area contributed by atoms with Crippen molar-refractivity contribution in [2.45, 2.75) is 57.3 Å². The minimum atomic E-state index is -4.67. The van der Waals surface area contributed by atoms with Gasteiger partial charge in [0, 0.05) is 25.7 Å². The Morgan fingerprint density at radius 2 is 1.92 bits per heavy atom. The van der Waals surface area contributed by atoms with Crippen molar-refractivity contribution in [2.75, 3.05) is 18.4 Å². The fourth-order valence-corrected chi connectivity index (χ4v) is 6.55. The third-order valence-corrected chi connectivity index (χ3v) is 9.12. The molecule has 0 radical (unpaired) electrons. The van der Waals surface area contributed by atoms with Crippen LogP contribution in [0.2, 0.25) is 0 Å². The van der Waals surface area contributed by atoms with Crippen LogP contribution in [0.4, 0.5) is 19.0 Å². The molecule has 1 N–H and O–H groups in total. The number of hydrogen-bond acceptors (Lipinski definition) is 9. The number of hydrogen-bond donors (Lipinski definition) is 1. The third-order valence-electron chi connectivity index (χ3n) is 9.12. The van der Waals surface area contributed by atoms with Crippen LogP contribution >= 0.6 is 0 Å². The number of fused-ring (bicyclic) bond motifs is 1. The normalized spacial score (nSPS) is 17.6. The van der Waals surface area contributed by atoms with E-state index in [0.29, 0.717) is 51.9 Å². The number of aromatic nitrogens is 5. The fraction of sp³-hybridized carbons (Fsp3) is 0.371. The first kappa shape index (κ1) is 31.3. The van der Waals surface area contributed by atoms with Crippen LogP contribution in [0.15, 0.2) is 53.2 Å². The summed E-state index contributed by atoms with van der Waals surface area (Å²) in [6.45, 7) is 4.20. The van der Waals surface area contributed by atoms with Gasteiger partial charge < -0.3 is 14.3 Å². The van der Waals surface area contributed by atoms with Gasteiger partial charge in [0.2, 0.25) is 5.89 Å². The van der Waals surface area contributed by atoms with Crippen LogP contribution < -0.4 is 5.32 Å². The molecule has 0 spiro atoms. The molecule has 2 fully saturated rings. The van der Waals surface area contributed by atoms with Crippen molar-refractivity contribution >= 4 is 16.9 Å². The second kappa shape index (κ2) is 12.1. The van der Waals surface area contributed by atoms with E-state index >= 15 is 0 Å². The van der Waals surface area contributed by atoms with E-state index in [1.54, 1.807) is 54.3 Å². The first-order valence-electron chi connectivity index (χ1n) is 15.8. The Bertz CT molecular complexity index is 2100. The van der Waals surface area contributed by atoms with Crippen LogP contribution in [-0.2, 0) is 19.8 Å². The van der Waals surface area contributed by atoms with Gasteiger partial charge in [-0.25, -0.2) is 9.97 Å². The Morgan fingerprint density at radius 3 is 2.60 bits per heavy atom. The van der Waals surface area contributed by atoms with Crippen LogP contribution in [0.1, 0.15) is 55.7 Å². The number of rotatable bonds is 8. The number of nitrogens with one attached hydrogen (secondary N) is 1. The molecule has 0 amide bonds. The maximum absolute atomic E-state index is 14.5. The van der Waals surface area contributed by atoms with E-state index in [0.717, 1.165) is 44.8 Å². The second-order valence-electron chi connectivity index (χ2n) is 13.0. The molecule has 2 aromatic carbocycles. The van der Waals surface area contributed by atoms with Crippen molar-refractivity contribution in [3.63, 3.8) is 0 Å². The van der Waals surface area contributed by atoms with Gasteiger partial charge in [0.05, 0.1) is 29.7 Å². The van der Waals surface area contributed by atoms with Crippen LogP contribution in [0.3, 0.4) is 0 Å². The van der Waals surface area contributed by atoms with Crippen molar-refractivity contribution < 1.29 is 17.6 Å². The number of nitrogens with zero attached hydrogens (tertiary/aromatic N) is 8. The Hall–Kier alpha value is -5.27. The molecular formula is C35H32F3N9O. The highest BCUT2D eigenvalue weighted by atomic mass is 19.4. The maximum atomic E-state index is 14.5. The summed E-state index contributed by atoms with van der Waals surface area (Å²) in [7, 11) is 1.80. The van der Waals surface area contributed by atoms with E-state index < -0.39 is 17.3 Å². The van der Waals surface area contributed by atoms with Crippen molar-refractivity contribution in [1.29, 1.82) is 10.5 Å². The zero-order valence-corrected chi connectivity index (χ0v) is 26.5. The Labute approximate surface area is 274 Å². The minimum absolute atomic E-state index is 0.0779. The molecule has 5 aromatic rings. The molecule has 7 rings (SSSR count). The quantitative estimate of drug-likeness (QED) is 0.183. The summed E-state index contributed by atoms with van der Waals surface area (Å²) in [5.74, 6) is 1.36. The second-order valence-corrected chi connectivity index (χ2v) is 13.0. The number of anilines is 1. The largest absolute Gasteiger partial charge is 0.434 e. The molecule has 1 aliphatic heterocycles. The fourth-order valence-electron chi connectivity index (χ4n) is 6.55. The van der Waals surface area contributed by atoms with Gasteiger partial charge in [0.15, 0.2) is 11.4 Å². The van der Waals surface area contributed by atoms with Crippen molar-refractivity contribution in [2.24, 2.45) is 13.0 Å². The Kier molecular flexibility index (Phi) is 7.88. The van der Waals surface area contributed by atoms with Gasteiger partial charge in [-0.05, 0) is 97.3 Å². The SMILES string of the molecule is C[C@H]1CCCN(Cc2cc(C(F)(F)F)c3oc(-c4cc(-c5cc(C#N)ccc5-c5nncn5C)cc(NC5(CC#N)CC5)n4)nc3c2)C1. The number of likely N-dealkylation sites (tertiary alicyclic amines) is 1. The molecule has 0 unspecified atom stereocenters. The number of aryl methyl sites for hydroxylation is 1. The molecule has 0 bridgehead atoms. The first-order chi connectivity index (χ1) is 23.0. The molecular weight excluding hydrogens is 619 g/mol. The number of oxazole rings is 1. The van der Waals surface area contributed by atoms with E-state index in [9.17, 15) is 23.7 Å². The third kappa shape index (κ3) is 6.21. The van der Waals surface area contributed by atoms with Gasteiger partial charge in [-0.2, -0.15) is 23.7 Å². The average Bonchev–Trinajstić information content (AvgIpc) is 3.44. The highest BCUT2D eigenvalue weighted by molar-refractivity contribution is 5.86.